The lowest BCUT2D eigenvalue weighted by molar-refractivity contribution is -0.0505. The van der Waals surface area contributed by atoms with Crippen LogP contribution in [0.4, 0.5) is 0 Å². The lowest BCUT2D eigenvalue weighted by Crippen LogP contribution is -2.31. The van der Waals surface area contributed by atoms with Crippen molar-refractivity contribution in [2.75, 3.05) is 0 Å². The molecule has 0 aliphatic rings. The topological polar surface area (TPSA) is 64.9 Å². The van der Waals surface area contributed by atoms with Gasteiger partial charge in [-0.1, -0.05) is 0 Å². The van der Waals surface area contributed by atoms with Crippen LogP contribution in [0.1, 0.15) is 6.92 Å². The lowest BCUT2D eigenvalue weighted by Gasteiger charge is -2.03. The van der Waals surface area contributed by atoms with Crippen LogP contribution in [-0.4, -0.2) is 28.0 Å². The van der Waals surface area contributed by atoms with Crippen LogP contribution in [0.5, 0.6) is 0 Å². The minimum absolute atomic E-state index is 0.0625. The van der Waals surface area contributed by atoms with Gasteiger partial charge in [0.05, 0.1) is 0 Å². The standard InChI is InChI=1S/C4H8N2O2S/c1-2-5-3(9)6-4(7)8/h2,4,7-8H,1H3,(H,6,9). The van der Waals surface area contributed by atoms with Crippen molar-refractivity contribution in [1.29, 1.82) is 0 Å². The van der Waals surface area contributed by atoms with Crippen molar-refractivity contribution in [3.63, 3.8) is 0 Å². The van der Waals surface area contributed by atoms with Gasteiger partial charge in [-0.15, -0.1) is 0 Å². The van der Waals surface area contributed by atoms with Gasteiger partial charge in [0.1, 0.15) is 0 Å². The molecule has 0 fully saturated rings. The first-order valence-electron chi connectivity index (χ1n) is 2.32. The molecule has 0 saturated heterocycles. The van der Waals surface area contributed by atoms with Gasteiger partial charge in [-0.3, -0.25) is 0 Å². The van der Waals surface area contributed by atoms with Gasteiger partial charge in [0.25, 0.3) is 0 Å². The Morgan fingerprint density at radius 1 is 1.78 bits per heavy atom. The van der Waals surface area contributed by atoms with E-state index in [1.165, 1.54) is 6.21 Å². The molecule has 9 heavy (non-hydrogen) atoms. The minimum Gasteiger partial charge on any atom is -0.351 e. The van der Waals surface area contributed by atoms with Crippen LogP contribution >= 0.6 is 12.2 Å². The van der Waals surface area contributed by atoms with E-state index in [2.05, 4.69) is 22.5 Å². The number of aliphatic imine (C=N–C) groups is 1. The number of thiocarbonyl (C=S) groups is 1. The number of hydrogen-bond acceptors (Lipinski definition) is 3. The van der Waals surface area contributed by atoms with Crippen LogP contribution in [0.2, 0.25) is 0 Å². The van der Waals surface area contributed by atoms with Crippen molar-refractivity contribution in [3.05, 3.63) is 0 Å². The summed E-state index contributed by atoms with van der Waals surface area (Å²) < 4.78 is 0. The SMILES string of the molecule is CC=NC(=S)NC(O)O. The third kappa shape index (κ3) is 5.35. The number of nitrogens with one attached hydrogen (secondary N) is 1. The summed E-state index contributed by atoms with van der Waals surface area (Å²) in [5, 5.41) is 18.6. The second kappa shape index (κ2) is 4.37. The summed E-state index contributed by atoms with van der Waals surface area (Å²) >= 11 is 4.50. The molecule has 0 aliphatic carbocycles. The summed E-state index contributed by atoms with van der Waals surface area (Å²) in [5.41, 5.74) is 0. The quantitative estimate of drug-likeness (QED) is 0.259. The van der Waals surface area contributed by atoms with Crippen molar-refractivity contribution >= 4 is 23.5 Å². The molecular weight excluding hydrogens is 140 g/mol. The number of aliphatic hydroxyl groups excluding tert-OH is 1. The summed E-state index contributed by atoms with van der Waals surface area (Å²) in [7, 11) is 0. The van der Waals surface area contributed by atoms with E-state index in [0.717, 1.165) is 0 Å². The van der Waals surface area contributed by atoms with Crippen LogP contribution in [0.25, 0.3) is 0 Å². The van der Waals surface area contributed by atoms with E-state index in [-0.39, 0.29) is 5.11 Å². The van der Waals surface area contributed by atoms with Gasteiger partial charge in [-0.2, -0.15) is 0 Å². The fourth-order valence-electron chi connectivity index (χ4n) is 0.265. The zero-order chi connectivity index (χ0) is 7.28. The Morgan fingerprint density at radius 2 is 2.33 bits per heavy atom. The Kier molecular flexibility index (Phi) is 4.12. The first-order valence-corrected chi connectivity index (χ1v) is 2.73. The van der Waals surface area contributed by atoms with Gasteiger partial charge >= 0.3 is 0 Å². The zero-order valence-electron chi connectivity index (χ0n) is 4.90. The molecule has 0 heterocycles. The van der Waals surface area contributed by atoms with Crippen molar-refractivity contribution in [1.82, 2.24) is 5.32 Å². The number of rotatable bonds is 1. The van der Waals surface area contributed by atoms with Gasteiger partial charge in [-0.25, -0.2) is 4.99 Å². The first-order chi connectivity index (χ1) is 4.16. The molecule has 0 aromatic rings. The van der Waals surface area contributed by atoms with Gasteiger partial charge in [0.2, 0.25) is 6.41 Å². The molecule has 0 aliphatic heterocycles. The fourth-order valence-corrected chi connectivity index (χ4v) is 0.476. The highest BCUT2D eigenvalue weighted by atomic mass is 32.1. The molecule has 3 N–H and O–H groups in total. The van der Waals surface area contributed by atoms with Crippen LogP contribution in [-0.2, 0) is 0 Å². The molecule has 52 valence electrons. The predicted molar refractivity (Wildman–Crippen MR) is 38.1 cm³/mol. The van der Waals surface area contributed by atoms with Crippen LogP contribution in [0, 0.1) is 0 Å². The molecule has 0 rings (SSSR count). The van der Waals surface area contributed by atoms with Crippen molar-refractivity contribution in [2.45, 2.75) is 13.3 Å². The Bertz CT molecular complexity index is 124. The zero-order valence-corrected chi connectivity index (χ0v) is 5.72. The molecule has 0 unspecified atom stereocenters. The largest absolute Gasteiger partial charge is 0.351 e. The molecule has 5 heteroatoms. The summed E-state index contributed by atoms with van der Waals surface area (Å²) in [6, 6.07) is 0. The summed E-state index contributed by atoms with van der Waals surface area (Å²) in [4.78, 5) is 3.54. The van der Waals surface area contributed by atoms with Crippen molar-refractivity contribution < 1.29 is 10.2 Å². The van der Waals surface area contributed by atoms with E-state index in [0.29, 0.717) is 0 Å². The lowest BCUT2D eigenvalue weighted by atomic mass is 10.8. The number of aliphatic hydroxyl groups is 2. The second-order valence-corrected chi connectivity index (χ2v) is 1.60. The van der Waals surface area contributed by atoms with Crippen molar-refractivity contribution in [3.8, 4) is 0 Å². The maximum atomic E-state index is 8.23. The summed E-state index contributed by atoms with van der Waals surface area (Å²) in [6.45, 7) is 1.68. The maximum absolute atomic E-state index is 8.23. The highest BCUT2D eigenvalue weighted by Gasteiger charge is 1.95. The van der Waals surface area contributed by atoms with E-state index in [4.69, 9.17) is 10.2 Å². The van der Waals surface area contributed by atoms with E-state index < -0.39 is 6.41 Å². The Labute approximate surface area is 58.2 Å². The summed E-state index contributed by atoms with van der Waals surface area (Å²) in [6.07, 6.45) is -0.168. The highest BCUT2D eigenvalue weighted by Crippen LogP contribution is 1.74. The Hall–Kier alpha value is -0.520. The Morgan fingerprint density at radius 3 is 2.67 bits per heavy atom. The monoisotopic (exact) mass is 148 g/mol. The van der Waals surface area contributed by atoms with Crippen molar-refractivity contribution in [2.24, 2.45) is 4.99 Å². The molecule has 0 amide bonds. The first kappa shape index (κ1) is 8.48. The third-order valence-corrected chi connectivity index (χ3v) is 0.722. The molecular formula is C4H8N2O2S. The van der Waals surface area contributed by atoms with Crippen LogP contribution < -0.4 is 5.32 Å². The average molecular weight is 148 g/mol. The molecule has 0 atom stereocenters. The predicted octanol–water partition coefficient (Wildman–Crippen LogP) is -0.780. The van der Waals surface area contributed by atoms with E-state index in [1.54, 1.807) is 6.92 Å². The minimum atomic E-state index is -1.62. The van der Waals surface area contributed by atoms with E-state index in [9.17, 15) is 0 Å². The third-order valence-electron chi connectivity index (χ3n) is 0.499. The highest BCUT2D eigenvalue weighted by molar-refractivity contribution is 7.80. The molecule has 0 saturated carbocycles. The van der Waals surface area contributed by atoms with Gasteiger partial charge < -0.3 is 15.5 Å². The van der Waals surface area contributed by atoms with Crippen LogP contribution in [0.3, 0.4) is 0 Å². The average Bonchev–Trinajstić information content (AvgIpc) is 1.63. The number of hydrogen-bond donors (Lipinski definition) is 3. The Balaban J connectivity index is 3.51. The molecule has 4 nitrogen and oxygen atoms in total. The molecule has 0 bridgehead atoms. The maximum Gasteiger partial charge on any atom is 0.234 e. The van der Waals surface area contributed by atoms with Gasteiger partial charge in [0.15, 0.2) is 5.11 Å². The molecule has 0 radical (unpaired) electrons. The molecule has 0 spiro atoms. The van der Waals surface area contributed by atoms with Gasteiger partial charge in [0, 0.05) is 6.21 Å². The van der Waals surface area contributed by atoms with Gasteiger partial charge in [-0.05, 0) is 19.1 Å². The smallest absolute Gasteiger partial charge is 0.234 e. The summed E-state index contributed by atoms with van der Waals surface area (Å²) in [5.74, 6) is 0. The molecule has 0 aromatic heterocycles. The van der Waals surface area contributed by atoms with Crippen LogP contribution in [0.15, 0.2) is 4.99 Å². The molecule has 0 aromatic carbocycles. The fraction of sp³-hybridized carbons (Fsp3) is 0.500. The van der Waals surface area contributed by atoms with E-state index in [1.807, 2.05) is 0 Å². The number of nitrogens with zero attached hydrogens (tertiary/aromatic N) is 1. The normalized spacial score (nSPS) is 10.7. The van der Waals surface area contributed by atoms with E-state index >= 15 is 0 Å². The second-order valence-electron chi connectivity index (χ2n) is 1.21.